The molecular weight excluding hydrogens is 307 g/mol. The van der Waals surface area contributed by atoms with Crippen molar-refractivity contribution in [3.8, 4) is 0 Å². The molecule has 2 rings (SSSR count). The van der Waals surface area contributed by atoms with Gasteiger partial charge in [-0.2, -0.15) is 0 Å². The number of halogens is 1. The predicted octanol–water partition coefficient (Wildman–Crippen LogP) is 3.29. The lowest BCUT2D eigenvalue weighted by atomic mass is 10.1. The number of nitrogens with one attached hydrogen (secondary N) is 2. The zero-order valence-corrected chi connectivity index (χ0v) is 13.6. The van der Waals surface area contributed by atoms with Gasteiger partial charge in [0.15, 0.2) is 0 Å². The van der Waals surface area contributed by atoms with Crippen LogP contribution in [0.3, 0.4) is 0 Å². The van der Waals surface area contributed by atoms with E-state index in [1.165, 1.54) is 6.07 Å². The van der Waals surface area contributed by atoms with E-state index in [9.17, 15) is 14.0 Å². The summed E-state index contributed by atoms with van der Waals surface area (Å²) in [6.45, 7) is 2.81. The van der Waals surface area contributed by atoms with E-state index in [4.69, 9.17) is 0 Å². The van der Waals surface area contributed by atoms with Crippen molar-refractivity contribution < 1.29 is 14.0 Å². The van der Waals surface area contributed by atoms with Gasteiger partial charge in [0.05, 0.1) is 0 Å². The minimum absolute atomic E-state index is 0.116. The second kappa shape index (κ2) is 8.82. The highest BCUT2D eigenvalue weighted by atomic mass is 19.1. The van der Waals surface area contributed by atoms with Gasteiger partial charge in [0.1, 0.15) is 5.82 Å². The number of unbranched alkanes of at least 4 members (excludes halogenated alkanes) is 1. The molecule has 2 aromatic carbocycles. The van der Waals surface area contributed by atoms with E-state index in [0.29, 0.717) is 23.2 Å². The Hall–Kier alpha value is -2.69. The third kappa shape index (κ3) is 4.91. The van der Waals surface area contributed by atoms with Gasteiger partial charge in [0.25, 0.3) is 11.8 Å². The van der Waals surface area contributed by atoms with Gasteiger partial charge >= 0.3 is 0 Å². The van der Waals surface area contributed by atoms with Crippen LogP contribution in [-0.2, 0) is 6.54 Å². The Kier molecular flexibility index (Phi) is 6.49. The molecule has 0 bridgehead atoms. The smallest absolute Gasteiger partial charge is 0.251 e. The van der Waals surface area contributed by atoms with Gasteiger partial charge in [0.2, 0.25) is 0 Å². The molecule has 0 aliphatic heterocycles. The molecule has 0 radical (unpaired) electrons. The standard InChI is InChI=1S/C19H21FN2O2/c1-2-3-12-21-18(23)14-8-10-15(11-9-14)19(24)22-13-16-6-4-5-7-17(16)20/h4-11H,2-3,12-13H2,1H3,(H,21,23)(H,22,24). The largest absolute Gasteiger partial charge is 0.352 e. The molecule has 2 N–H and O–H groups in total. The van der Waals surface area contributed by atoms with Gasteiger partial charge in [-0.3, -0.25) is 9.59 Å². The van der Waals surface area contributed by atoms with E-state index in [0.717, 1.165) is 12.8 Å². The molecule has 126 valence electrons. The molecule has 0 saturated heterocycles. The monoisotopic (exact) mass is 328 g/mol. The number of amides is 2. The van der Waals surface area contributed by atoms with Crippen LogP contribution in [0.15, 0.2) is 48.5 Å². The first-order chi connectivity index (χ1) is 11.6. The summed E-state index contributed by atoms with van der Waals surface area (Å²) in [6.07, 6.45) is 1.95. The number of hydrogen-bond acceptors (Lipinski definition) is 2. The van der Waals surface area contributed by atoms with Crippen LogP contribution in [0, 0.1) is 5.82 Å². The highest BCUT2D eigenvalue weighted by Crippen LogP contribution is 2.08. The molecule has 2 amide bonds. The molecule has 0 unspecified atom stereocenters. The molecule has 0 saturated carbocycles. The van der Waals surface area contributed by atoms with E-state index in [2.05, 4.69) is 17.6 Å². The Bertz CT molecular complexity index is 699. The number of hydrogen-bond donors (Lipinski definition) is 2. The van der Waals surface area contributed by atoms with Crippen LogP contribution >= 0.6 is 0 Å². The molecule has 0 spiro atoms. The van der Waals surface area contributed by atoms with Crippen LogP contribution in [0.5, 0.6) is 0 Å². The lowest BCUT2D eigenvalue weighted by Crippen LogP contribution is -2.25. The number of rotatable bonds is 7. The Labute approximate surface area is 141 Å². The summed E-state index contributed by atoms with van der Waals surface area (Å²) >= 11 is 0. The molecule has 4 nitrogen and oxygen atoms in total. The maximum Gasteiger partial charge on any atom is 0.251 e. The molecule has 5 heteroatoms. The molecule has 0 aliphatic carbocycles. The van der Waals surface area contributed by atoms with Gasteiger partial charge < -0.3 is 10.6 Å². The average molecular weight is 328 g/mol. The summed E-state index contributed by atoms with van der Waals surface area (Å²) in [6, 6.07) is 12.7. The van der Waals surface area contributed by atoms with Crippen molar-refractivity contribution in [2.24, 2.45) is 0 Å². The first kappa shape index (κ1) is 17.7. The Morgan fingerprint density at radius 1 is 0.917 bits per heavy atom. The van der Waals surface area contributed by atoms with Crippen molar-refractivity contribution in [3.63, 3.8) is 0 Å². The SMILES string of the molecule is CCCCNC(=O)c1ccc(C(=O)NCc2ccccc2F)cc1. The molecule has 2 aromatic rings. The Morgan fingerprint density at radius 2 is 1.50 bits per heavy atom. The molecule has 0 aliphatic rings. The highest BCUT2D eigenvalue weighted by molar-refractivity contribution is 5.97. The van der Waals surface area contributed by atoms with E-state index in [1.54, 1.807) is 42.5 Å². The van der Waals surface area contributed by atoms with Crippen molar-refractivity contribution >= 4 is 11.8 Å². The highest BCUT2D eigenvalue weighted by Gasteiger charge is 2.09. The van der Waals surface area contributed by atoms with Crippen LogP contribution in [0.4, 0.5) is 4.39 Å². The van der Waals surface area contributed by atoms with E-state index < -0.39 is 0 Å². The zero-order valence-electron chi connectivity index (χ0n) is 13.6. The van der Waals surface area contributed by atoms with Crippen molar-refractivity contribution in [2.75, 3.05) is 6.54 Å². The molecule has 0 fully saturated rings. The van der Waals surface area contributed by atoms with Gasteiger partial charge in [-0.25, -0.2) is 4.39 Å². The second-order valence-corrected chi connectivity index (χ2v) is 5.46. The summed E-state index contributed by atoms with van der Waals surface area (Å²) in [5.74, 6) is -0.810. The van der Waals surface area contributed by atoms with Gasteiger partial charge in [0, 0.05) is 29.8 Å². The number of carbonyl (C=O) groups is 2. The van der Waals surface area contributed by atoms with Gasteiger partial charge in [-0.15, -0.1) is 0 Å². The first-order valence-electron chi connectivity index (χ1n) is 8.01. The van der Waals surface area contributed by atoms with Crippen LogP contribution in [0.2, 0.25) is 0 Å². The van der Waals surface area contributed by atoms with Crippen LogP contribution < -0.4 is 10.6 Å². The fraction of sp³-hybridized carbons (Fsp3) is 0.263. The maximum atomic E-state index is 13.5. The van der Waals surface area contributed by atoms with E-state index in [1.807, 2.05) is 0 Å². The molecule has 24 heavy (non-hydrogen) atoms. The van der Waals surface area contributed by atoms with Gasteiger partial charge in [-0.1, -0.05) is 31.5 Å². The number of benzene rings is 2. The second-order valence-electron chi connectivity index (χ2n) is 5.46. The fourth-order valence-electron chi connectivity index (χ4n) is 2.17. The van der Waals surface area contributed by atoms with Crippen molar-refractivity contribution in [3.05, 3.63) is 71.0 Å². The van der Waals surface area contributed by atoms with Crippen LogP contribution in [0.1, 0.15) is 46.0 Å². The van der Waals surface area contributed by atoms with Crippen molar-refractivity contribution in [2.45, 2.75) is 26.3 Å². The fourth-order valence-corrected chi connectivity index (χ4v) is 2.17. The summed E-state index contributed by atoms with van der Waals surface area (Å²) in [4.78, 5) is 24.0. The third-order valence-electron chi connectivity index (χ3n) is 3.62. The van der Waals surface area contributed by atoms with Crippen LogP contribution in [0.25, 0.3) is 0 Å². The van der Waals surface area contributed by atoms with Crippen molar-refractivity contribution in [1.82, 2.24) is 10.6 Å². The predicted molar refractivity (Wildman–Crippen MR) is 91.3 cm³/mol. The average Bonchev–Trinajstić information content (AvgIpc) is 2.61. The summed E-state index contributed by atoms with van der Waals surface area (Å²) in [5.41, 5.74) is 1.37. The molecule has 0 heterocycles. The normalized spacial score (nSPS) is 10.2. The lowest BCUT2D eigenvalue weighted by molar-refractivity contribution is 0.0940. The topological polar surface area (TPSA) is 58.2 Å². The van der Waals surface area contributed by atoms with Crippen LogP contribution in [-0.4, -0.2) is 18.4 Å². The molecule has 0 aromatic heterocycles. The summed E-state index contributed by atoms with van der Waals surface area (Å²) < 4.78 is 13.5. The van der Waals surface area contributed by atoms with E-state index in [-0.39, 0.29) is 24.2 Å². The Morgan fingerprint density at radius 3 is 2.08 bits per heavy atom. The quantitative estimate of drug-likeness (QED) is 0.766. The lowest BCUT2D eigenvalue weighted by Gasteiger charge is -2.08. The minimum atomic E-state index is -0.350. The maximum absolute atomic E-state index is 13.5. The van der Waals surface area contributed by atoms with Crippen molar-refractivity contribution in [1.29, 1.82) is 0 Å². The van der Waals surface area contributed by atoms with E-state index >= 15 is 0 Å². The molecular formula is C19H21FN2O2. The summed E-state index contributed by atoms with van der Waals surface area (Å²) in [7, 11) is 0. The third-order valence-corrected chi connectivity index (χ3v) is 3.62. The summed E-state index contributed by atoms with van der Waals surface area (Å²) in [5, 5.41) is 5.49. The minimum Gasteiger partial charge on any atom is -0.352 e. The first-order valence-corrected chi connectivity index (χ1v) is 8.01. The van der Waals surface area contributed by atoms with Gasteiger partial charge in [-0.05, 0) is 36.8 Å². The zero-order chi connectivity index (χ0) is 17.4. The Balaban J connectivity index is 1.91. The molecule has 0 atom stereocenters. The number of carbonyl (C=O) groups excluding carboxylic acids is 2.